The number of esters is 1. The van der Waals surface area contributed by atoms with Crippen LogP contribution < -0.4 is 10.6 Å². The van der Waals surface area contributed by atoms with E-state index in [1.165, 1.54) is 0 Å². The lowest BCUT2D eigenvalue weighted by Crippen LogP contribution is -2.59. The van der Waals surface area contributed by atoms with Crippen LogP contribution in [0.2, 0.25) is 0 Å². The molecule has 1 aliphatic rings. The van der Waals surface area contributed by atoms with Crippen molar-refractivity contribution in [2.75, 3.05) is 0 Å². The van der Waals surface area contributed by atoms with E-state index < -0.39 is 36.0 Å². The molecule has 3 unspecified atom stereocenters. The second kappa shape index (κ2) is 9.37. The van der Waals surface area contributed by atoms with Crippen LogP contribution in [0, 0.1) is 5.92 Å². The largest absolute Gasteiger partial charge is 0.491 e. The topological polar surface area (TPSA) is 50.4 Å². The Labute approximate surface area is 190 Å². The standard InChI is InChI=1S/C26H25F3N2O2/c1-18(17-19-11-5-2-6-12-19)26(33-24(32)25(27,28)29)30-22(20-13-7-3-8-14-20)23(31-26)21-15-9-4-10-16-21/h2-16,18,22-23,30-31H,17H2,1H3. The number of ether oxygens (including phenoxy) is 1. The average Bonchev–Trinajstić information content (AvgIpc) is 3.21. The minimum Gasteiger partial charge on any atom is -0.423 e. The summed E-state index contributed by atoms with van der Waals surface area (Å²) in [5.41, 5.74) is 2.67. The summed E-state index contributed by atoms with van der Waals surface area (Å²) < 4.78 is 45.0. The fourth-order valence-corrected chi connectivity index (χ4v) is 4.30. The highest BCUT2D eigenvalue weighted by Gasteiger charge is 2.55. The Kier molecular flexibility index (Phi) is 6.54. The van der Waals surface area contributed by atoms with Crippen molar-refractivity contribution < 1.29 is 22.7 Å². The molecular formula is C26H25F3N2O2. The molecule has 0 bridgehead atoms. The van der Waals surface area contributed by atoms with Gasteiger partial charge < -0.3 is 4.74 Å². The molecule has 7 heteroatoms. The molecule has 0 aromatic heterocycles. The van der Waals surface area contributed by atoms with E-state index in [1.807, 2.05) is 91.0 Å². The van der Waals surface area contributed by atoms with Gasteiger partial charge in [-0.3, -0.25) is 10.6 Å². The summed E-state index contributed by atoms with van der Waals surface area (Å²) in [4.78, 5) is 12.0. The Balaban J connectivity index is 1.75. The van der Waals surface area contributed by atoms with Gasteiger partial charge in [0.2, 0.25) is 5.85 Å². The fourth-order valence-electron chi connectivity index (χ4n) is 4.30. The van der Waals surface area contributed by atoms with Crippen LogP contribution in [0.25, 0.3) is 0 Å². The van der Waals surface area contributed by atoms with Gasteiger partial charge in [-0.2, -0.15) is 13.2 Å². The molecule has 0 amide bonds. The third kappa shape index (κ3) is 5.10. The van der Waals surface area contributed by atoms with Crippen molar-refractivity contribution in [2.24, 2.45) is 5.92 Å². The van der Waals surface area contributed by atoms with Gasteiger partial charge in [0.1, 0.15) is 0 Å². The van der Waals surface area contributed by atoms with E-state index in [-0.39, 0.29) is 0 Å². The zero-order valence-corrected chi connectivity index (χ0v) is 18.0. The molecule has 3 atom stereocenters. The van der Waals surface area contributed by atoms with Gasteiger partial charge in [-0.25, -0.2) is 4.79 Å². The number of hydrogen-bond acceptors (Lipinski definition) is 4. The van der Waals surface area contributed by atoms with E-state index in [9.17, 15) is 18.0 Å². The van der Waals surface area contributed by atoms with Crippen LogP contribution in [-0.2, 0) is 16.0 Å². The molecule has 1 fully saturated rings. The second-order valence-corrected chi connectivity index (χ2v) is 8.28. The lowest BCUT2D eigenvalue weighted by molar-refractivity contribution is -0.224. The van der Waals surface area contributed by atoms with Gasteiger partial charge in [0.25, 0.3) is 0 Å². The smallest absolute Gasteiger partial charge is 0.423 e. The summed E-state index contributed by atoms with van der Waals surface area (Å²) in [6.07, 6.45) is -4.72. The minimum absolute atomic E-state index is 0.398. The summed E-state index contributed by atoms with van der Waals surface area (Å²) in [5.74, 6) is -4.49. The first kappa shape index (κ1) is 23.0. The van der Waals surface area contributed by atoms with E-state index in [0.29, 0.717) is 6.42 Å². The van der Waals surface area contributed by atoms with Crippen molar-refractivity contribution in [1.29, 1.82) is 0 Å². The second-order valence-electron chi connectivity index (χ2n) is 8.28. The van der Waals surface area contributed by atoms with Crippen molar-refractivity contribution in [1.82, 2.24) is 10.6 Å². The first-order valence-electron chi connectivity index (χ1n) is 10.8. The third-order valence-corrected chi connectivity index (χ3v) is 5.95. The number of benzene rings is 3. The quantitative estimate of drug-likeness (QED) is 0.497. The number of rotatable bonds is 6. The number of hydrogen-bond donors (Lipinski definition) is 2. The van der Waals surface area contributed by atoms with Crippen molar-refractivity contribution in [3.8, 4) is 0 Å². The van der Waals surface area contributed by atoms with E-state index in [4.69, 9.17) is 4.74 Å². The molecule has 4 rings (SSSR count). The zero-order chi connectivity index (χ0) is 23.5. The first-order valence-corrected chi connectivity index (χ1v) is 10.8. The van der Waals surface area contributed by atoms with Gasteiger partial charge in [-0.05, 0) is 23.1 Å². The predicted octanol–water partition coefficient (Wildman–Crippen LogP) is 5.30. The minimum atomic E-state index is -5.12. The Bertz CT molecular complexity index is 1010. The van der Waals surface area contributed by atoms with Gasteiger partial charge >= 0.3 is 12.1 Å². The fraction of sp³-hybridized carbons (Fsp3) is 0.269. The number of carbonyl (C=O) groups excluding carboxylic acids is 1. The molecule has 33 heavy (non-hydrogen) atoms. The molecule has 0 radical (unpaired) electrons. The lowest BCUT2D eigenvalue weighted by atomic mass is 9.95. The molecule has 0 saturated carbocycles. The van der Waals surface area contributed by atoms with Crippen LogP contribution >= 0.6 is 0 Å². The summed E-state index contributed by atoms with van der Waals surface area (Å²) in [7, 11) is 0. The van der Waals surface area contributed by atoms with E-state index >= 15 is 0 Å². The van der Waals surface area contributed by atoms with Crippen LogP contribution in [0.1, 0.15) is 35.7 Å². The van der Waals surface area contributed by atoms with E-state index in [1.54, 1.807) is 6.92 Å². The van der Waals surface area contributed by atoms with Crippen molar-refractivity contribution in [3.05, 3.63) is 108 Å². The maximum Gasteiger partial charge on any atom is 0.491 e. The summed E-state index contributed by atoms with van der Waals surface area (Å²) in [6.45, 7) is 1.77. The van der Waals surface area contributed by atoms with Crippen molar-refractivity contribution in [2.45, 2.75) is 37.5 Å². The van der Waals surface area contributed by atoms with Crippen molar-refractivity contribution >= 4 is 5.97 Å². The molecule has 3 aromatic rings. The maximum absolute atomic E-state index is 13.3. The predicted molar refractivity (Wildman–Crippen MR) is 119 cm³/mol. The molecule has 1 saturated heterocycles. The highest BCUT2D eigenvalue weighted by molar-refractivity contribution is 5.76. The summed E-state index contributed by atoms with van der Waals surface area (Å²) >= 11 is 0. The van der Waals surface area contributed by atoms with Gasteiger partial charge in [-0.15, -0.1) is 0 Å². The van der Waals surface area contributed by atoms with Crippen molar-refractivity contribution in [3.63, 3.8) is 0 Å². The normalized spacial score (nSPS) is 23.8. The molecule has 1 heterocycles. The summed E-state index contributed by atoms with van der Waals surface area (Å²) in [6, 6.07) is 27.4. The van der Waals surface area contributed by atoms with Crippen LogP contribution in [0.4, 0.5) is 13.2 Å². The number of alkyl halides is 3. The third-order valence-electron chi connectivity index (χ3n) is 5.95. The average molecular weight is 454 g/mol. The van der Waals surface area contributed by atoms with Crippen LogP contribution in [-0.4, -0.2) is 18.0 Å². The summed E-state index contributed by atoms with van der Waals surface area (Å²) in [5, 5.41) is 6.48. The zero-order valence-electron chi connectivity index (χ0n) is 18.0. The molecule has 2 N–H and O–H groups in total. The van der Waals surface area contributed by atoms with E-state index in [2.05, 4.69) is 10.6 Å². The van der Waals surface area contributed by atoms with E-state index in [0.717, 1.165) is 16.7 Å². The highest BCUT2D eigenvalue weighted by atomic mass is 19.4. The number of halogens is 3. The van der Waals surface area contributed by atoms with Gasteiger partial charge in [-0.1, -0.05) is 97.9 Å². The Morgan fingerprint density at radius 3 is 1.70 bits per heavy atom. The van der Waals surface area contributed by atoms with Crippen LogP contribution in [0.5, 0.6) is 0 Å². The molecule has 172 valence electrons. The van der Waals surface area contributed by atoms with Crippen LogP contribution in [0.15, 0.2) is 91.0 Å². The monoisotopic (exact) mass is 454 g/mol. The molecular weight excluding hydrogens is 429 g/mol. The van der Waals surface area contributed by atoms with Gasteiger partial charge in [0, 0.05) is 5.92 Å². The van der Waals surface area contributed by atoms with Gasteiger partial charge in [0.15, 0.2) is 0 Å². The Morgan fingerprint density at radius 1 is 0.848 bits per heavy atom. The Hall–Kier alpha value is -3.16. The molecule has 4 nitrogen and oxygen atoms in total. The SMILES string of the molecule is CC(Cc1ccccc1)C1(OC(=O)C(F)(F)F)NC(c2ccccc2)C(c2ccccc2)N1. The first-order chi connectivity index (χ1) is 15.8. The molecule has 0 spiro atoms. The molecule has 1 aliphatic heterocycles. The molecule has 0 aliphatic carbocycles. The lowest BCUT2D eigenvalue weighted by Gasteiger charge is -2.36. The van der Waals surface area contributed by atoms with Crippen LogP contribution in [0.3, 0.4) is 0 Å². The number of carbonyl (C=O) groups is 1. The molecule has 3 aromatic carbocycles. The number of nitrogens with one attached hydrogen (secondary N) is 2. The highest BCUT2D eigenvalue weighted by Crippen LogP contribution is 2.41. The van der Waals surface area contributed by atoms with Gasteiger partial charge in [0.05, 0.1) is 12.1 Å². The Morgan fingerprint density at radius 2 is 1.27 bits per heavy atom. The maximum atomic E-state index is 13.3.